The van der Waals surface area contributed by atoms with Gasteiger partial charge in [-0.05, 0) is 5.56 Å². The number of aromatic nitrogens is 2. The van der Waals surface area contributed by atoms with Crippen LogP contribution in [0.15, 0.2) is 36.4 Å². The highest BCUT2D eigenvalue weighted by Gasteiger charge is 2.20. The van der Waals surface area contributed by atoms with Gasteiger partial charge in [-0.2, -0.15) is 5.10 Å². The monoisotopic (exact) mass is 272 g/mol. The Hall–Kier alpha value is -2.14. The number of H-pyrrole nitrogens is 1. The van der Waals surface area contributed by atoms with Crippen LogP contribution in [0.25, 0.3) is 0 Å². The molecule has 0 aliphatic rings. The number of carbonyl (C=O) groups is 1. The van der Waals surface area contributed by atoms with Gasteiger partial charge >= 0.3 is 0 Å². The van der Waals surface area contributed by atoms with Crippen LogP contribution in [-0.2, 0) is 10.2 Å². The summed E-state index contributed by atoms with van der Waals surface area (Å²) in [6, 6.07) is 10.4. The molecule has 0 aliphatic heterocycles. The van der Waals surface area contributed by atoms with Gasteiger partial charge in [0, 0.05) is 17.2 Å². The van der Waals surface area contributed by atoms with Gasteiger partial charge in [-0.25, -0.2) is 0 Å². The van der Waals surface area contributed by atoms with Crippen molar-refractivity contribution in [3.05, 3.63) is 47.7 Å². The molecule has 1 amide bonds. The third kappa shape index (κ3) is 3.24. The molecule has 0 bridgehead atoms. The first-order valence-electron chi connectivity index (χ1n) is 6.55. The van der Waals surface area contributed by atoms with Gasteiger partial charge in [0.2, 0.25) is 5.91 Å². The highest BCUT2D eigenvalue weighted by molar-refractivity contribution is 5.94. The van der Waals surface area contributed by atoms with Gasteiger partial charge < -0.3 is 11.1 Å². The summed E-state index contributed by atoms with van der Waals surface area (Å²) in [6.45, 7) is 6.21. The van der Waals surface area contributed by atoms with E-state index in [0.29, 0.717) is 5.82 Å². The van der Waals surface area contributed by atoms with E-state index in [-0.39, 0.29) is 11.3 Å². The molecule has 0 saturated heterocycles. The second-order valence-corrected chi connectivity index (χ2v) is 5.79. The van der Waals surface area contributed by atoms with Crippen molar-refractivity contribution in [3.8, 4) is 0 Å². The average Bonchev–Trinajstić information content (AvgIpc) is 2.87. The highest BCUT2D eigenvalue weighted by Crippen LogP contribution is 2.22. The number of benzene rings is 1. The Labute approximate surface area is 118 Å². The molecule has 0 unspecified atom stereocenters. The molecule has 20 heavy (non-hydrogen) atoms. The third-order valence-electron chi connectivity index (χ3n) is 3.08. The molecule has 1 aromatic carbocycles. The van der Waals surface area contributed by atoms with Crippen LogP contribution >= 0.6 is 0 Å². The number of aromatic amines is 1. The normalized spacial score (nSPS) is 13.0. The van der Waals surface area contributed by atoms with Gasteiger partial charge in [0.25, 0.3) is 0 Å². The van der Waals surface area contributed by atoms with Crippen LogP contribution in [0, 0.1) is 0 Å². The SMILES string of the molecule is CC(C)(C)c1cc(NC(=O)[C@H](N)c2ccccc2)n[nH]1. The Kier molecular flexibility index (Phi) is 3.90. The van der Waals surface area contributed by atoms with E-state index in [4.69, 9.17) is 5.73 Å². The summed E-state index contributed by atoms with van der Waals surface area (Å²) in [5.41, 5.74) is 7.62. The summed E-state index contributed by atoms with van der Waals surface area (Å²) >= 11 is 0. The van der Waals surface area contributed by atoms with Crippen LogP contribution in [0.3, 0.4) is 0 Å². The molecule has 0 aliphatic carbocycles. The van der Waals surface area contributed by atoms with Crippen molar-refractivity contribution in [2.45, 2.75) is 32.2 Å². The van der Waals surface area contributed by atoms with Gasteiger partial charge in [0.1, 0.15) is 6.04 Å². The Bertz CT molecular complexity index is 583. The summed E-state index contributed by atoms with van der Waals surface area (Å²) in [4.78, 5) is 12.1. The Balaban J connectivity index is 2.07. The lowest BCUT2D eigenvalue weighted by Crippen LogP contribution is -2.27. The maximum absolute atomic E-state index is 12.1. The van der Waals surface area contributed by atoms with E-state index in [1.807, 2.05) is 36.4 Å². The third-order valence-corrected chi connectivity index (χ3v) is 3.08. The number of hydrogen-bond donors (Lipinski definition) is 3. The summed E-state index contributed by atoms with van der Waals surface area (Å²) in [6.07, 6.45) is 0. The second-order valence-electron chi connectivity index (χ2n) is 5.79. The van der Waals surface area contributed by atoms with E-state index in [1.165, 1.54) is 0 Å². The van der Waals surface area contributed by atoms with Crippen molar-refractivity contribution in [2.24, 2.45) is 5.73 Å². The molecule has 0 fully saturated rings. The second kappa shape index (κ2) is 5.46. The number of rotatable bonds is 3. The molecule has 0 radical (unpaired) electrons. The van der Waals surface area contributed by atoms with Gasteiger partial charge in [-0.1, -0.05) is 51.1 Å². The lowest BCUT2D eigenvalue weighted by Gasteiger charge is -2.14. The van der Waals surface area contributed by atoms with Crippen molar-refractivity contribution >= 4 is 11.7 Å². The first kappa shape index (κ1) is 14.3. The van der Waals surface area contributed by atoms with E-state index < -0.39 is 6.04 Å². The maximum Gasteiger partial charge on any atom is 0.247 e. The molecule has 0 spiro atoms. The number of anilines is 1. The van der Waals surface area contributed by atoms with Crippen LogP contribution < -0.4 is 11.1 Å². The predicted octanol–water partition coefficient (Wildman–Crippen LogP) is 2.35. The first-order valence-corrected chi connectivity index (χ1v) is 6.55. The summed E-state index contributed by atoms with van der Waals surface area (Å²) in [7, 11) is 0. The lowest BCUT2D eigenvalue weighted by molar-refractivity contribution is -0.117. The quantitative estimate of drug-likeness (QED) is 0.802. The molecule has 0 saturated carbocycles. The number of nitrogens with zero attached hydrogens (tertiary/aromatic N) is 1. The predicted molar refractivity (Wildman–Crippen MR) is 79.3 cm³/mol. The molecule has 4 N–H and O–H groups in total. The van der Waals surface area contributed by atoms with Crippen molar-refractivity contribution in [3.63, 3.8) is 0 Å². The zero-order valence-electron chi connectivity index (χ0n) is 12.0. The van der Waals surface area contributed by atoms with Crippen LogP contribution in [-0.4, -0.2) is 16.1 Å². The van der Waals surface area contributed by atoms with Gasteiger partial charge in [-0.15, -0.1) is 0 Å². The molecule has 2 aromatic rings. The zero-order valence-corrected chi connectivity index (χ0v) is 12.0. The molecule has 1 heterocycles. The molecule has 1 aromatic heterocycles. The van der Waals surface area contributed by atoms with E-state index >= 15 is 0 Å². The highest BCUT2D eigenvalue weighted by atomic mass is 16.2. The van der Waals surface area contributed by atoms with E-state index in [9.17, 15) is 4.79 Å². The van der Waals surface area contributed by atoms with Gasteiger partial charge in [0.05, 0.1) is 0 Å². The van der Waals surface area contributed by atoms with Crippen LogP contribution in [0.5, 0.6) is 0 Å². The molecule has 2 rings (SSSR count). The summed E-state index contributed by atoms with van der Waals surface area (Å²) < 4.78 is 0. The molecular formula is C15H20N4O. The number of nitrogens with two attached hydrogens (primary N) is 1. The van der Waals surface area contributed by atoms with Crippen LogP contribution in [0.4, 0.5) is 5.82 Å². The van der Waals surface area contributed by atoms with Crippen LogP contribution in [0.2, 0.25) is 0 Å². The summed E-state index contributed by atoms with van der Waals surface area (Å²) in [5.74, 6) is 0.217. The number of amides is 1. The Morgan fingerprint density at radius 3 is 2.50 bits per heavy atom. The Morgan fingerprint density at radius 1 is 1.30 bits per heavy atom. The standard InChI is InChI=1S/C15H20N4O/c1-15(2,3)11-9-12(19-18-11)17-14(20)13(16)10-7-5-4-6-8-10/h4-9,13H,16H2,1-3H3,(H2,17,18,19,20)/t13-/m1/s1. The summed E-state index contributed by atoms with van der Waals surface area (Å²) in [5, 5.41) is 9.74. The number of hydrogen-bond acceptors (Lipinski definition) is 3. The number of carbonyl (C=O) groups excluding carboxylic acids is 1. The lowest BCUT2D eigenvalue weighted by atomic mass is 9.92. The minimum atomic E-state index is -0.703. The van der Waals surface area contributed by atoms with Crippen molar-refractivity contribution in [1.82, 2.24) is 10.2 Å². The molecule has 1 atom stereocenters. The average molecular weight is 272 g/mol. The topological polar surface area (TPSA) is 83.8 Å². The van der Waals surface area contributed by atoms with E-state index in [1.54, 1.807) is 0 Å². The smallest absolute Gasteiger partial charge is 0.247 e. The fraction of sp³-hybridized carbons (Fsp3) is 0.333. The minimum Gasteiger partial charge on any atom is -0.316 e. The maximum atomic E-state index is 12.1. The van der Waals surface area contributed by atoms with Gasteiger partial charge in [0.15, 0.2) is 5.82 Å². The van der Waals surface area contributed by atoms with Gasteiger partial charge in [-0.3, -0.25) is 9.89 Å². The molecular weight excluding hydrogens is 252 g/mol. The fourth-order valence-electron chi connectivity index (χ4n) is 1.79. The molecule has 106 valence electrons. The Morgan fingerprint density at radius 2 is 1.95 bits per heavy atom. The molecule has 5 heteroatoms. The fourth-order valence-corrected chi connectivity index (χ4v) is 1.79. The van der Waals surface area contributed by atoms with Crippen molar-refractivity contribution in [1.29, 1.82) is 0 Å². The number of nitrogens with one attached hydrogen (secondary N) is 2. The minimum absolute atomic E-state index is 0.0441. The van der Waals surface area contributed by atoms with Crippen molar-refractivity contribution < 1.29 is 4.79 Å². The van der Waals surface area contributed by atoms with Crippen LogP contribution in [0.1, 0.15) is 38.1 Å². The largest absolute Gasteiger partial charge is 0.316 e. The molecule has 5 nitrogen and oxygen atoms in total. The zero-order chi connectivity index (χ0) is 14.8. The van der Waals surface area contributed by atoms with Crippen molar-refractivity contribution in [2.75, 3.05) is 5.32 Å². The van der Waals surface area contributed by atoms with E-state index in [2.05, 4.69) is 36.3 Å². The van der Waals surface area contributed by atoms with E-state index in [0.717, 1.165) is 11.3 Å². The first-order chi connectivity index (χ1) is 9.38.